The van der Waals surface area contributed by atoms with E-state index in [1.807, 2.05) is 0 Å². The predicted octanol–water partition coefficient (Wildman–Crippen LogP) is 2.11. The van der Waals surface area contributed by atoms with Crippen molar-refractivity contribution >= 4 is 29.7 Å². The highest BCUT2D eigenvalue weighted by Crippen LogP contribution is 2.24. The van der Waals surface area contributed by atoms with Gasteiger partial charge in [-0.25, -0.2) is 0 Å². The van der Waals surface area contributed by atoms with Gasteiger partial charge >= 0.3 is 0 Å². The van der Waals surface area contributed by atoms with Gasteiger partial charge < -0.3 is 15.6 Å². The Morgan fingerprint density at radius 2 is 2.14 bits per heavy atom. The summed E-state index contributed by atoms with van der Waals surface area (Å²) in [6.07, 6.45) is 0.599. The number of hydrogen-bond donors (Lipinski definition) is 2. The fourth-order valence-electron chi connectivity index (χ4n) is 0.897. The van der Waals surface area contributed by atoms with Crippen molar-refractivity contribution in [1.29, 1.82) is 0 Å². The van der Waals surface area contributed by atoms with Gasteiger partial charge in [-0.2, -0.15) is 0 Å². The molecule has 3 nitrogen and oxygen atoms in total. The maximum Gasteiger partial charge on any atom is 0.142 e. The molecule has 3 N–H and O–H groups in total. The second kappa shape index (κ2) is 6.76. The lowest BCUT2D eigenvalue weighted by Crippen LogP contribution is -2.01. The third-order valence-corrected chi connectivity index (χ3v) is 1.77. The first-order valence-electron chi connectivity index (χ1n) is 4.02. The van der Waals surface area contributed by atoms with E-state index < -0.39 is 0 Å². The summed E-state index contributed by atoms with van der Waals surface area (Å²) in [6, 6.07) is 5.07. The number of halogens is 2. The van der Waals surface area contributed by atoms with E-state index in [4.69, 9.17) is 27.2 Å². The molecule has 5 heteroatoms. The van der Waals surface area contributed by atoms with Crippen LogP contribution in [0.4, 0.5) is 5.69 Å². The Hall–Kier alpha value is -0.640. The number of nitrogen functional groups attached to an aromatic ring is 1. The Morgan fingerprint density at radius 3 is 2.71 bits per heavy atom. The Kier molecular flexibility index (Phi) is 6.45. The summed E-state index contributed by atoms with van der Waals surface area (Å²) in [7, 11) is 0. The molecule has 0 amide bonds. The third-order valence-electron chi connectivity index (χ3n) is 1.53. The molecule has 0 fully saturated rings. The van der Waals surface area contributed by atoms with Crippen LogP contribution in [-0.4, -0.2) is 18.3 Å². The zero-order chi connectivity index (χ0) is 9.68. The van der Waals surface area contributed by atoms with Crippen LogP contribution >= 0.6 is 24.0 Å². The second-order valence-electron chi connectivity index (χ2n) is 2.61. The van der Waals surface area contributed by atoms with E-state index >= 15 is 0 Å². The predicted molar refractivity (Wildman–Crippen MR) is 60.3 cm³/mol. The molecule has 0 aromatic heterocycles. The molecule has 0 aliphatic rings. The Labute approximate surface area is 94.2 Å². The summed E-state index contributed by atoms with van der Waals surface area (Å²) < 4.78 is 5.29. The minimum absolute atomic E-state index is 0. The van der Waals surface area contributed by atoms with Crippen LogP contribution in [0, 0.1) is 0 Å². The van der Waals surface area contributed by atoms with E-state index in [0.29, 0.717) is 29.5 Å². The van der Waals surface area contributed by atoms with E-state index in [2.05, 4.69) is 0 Å². The van der Waals surface area contributed by atoms with Gasteiger partial charge in [-0.1, -0.05) is 11.6 Å². The van der Waals surface area contributed by atoms with Gasteiger partial charge in [0, 0.05) is 18.1 Å². The monoisotopic (exact) mass is 237 g/mol. The number of benzene rings is 1. The third kappa shape index (κ3) is 4.05. The number of nitrogens with two attached hydrogens (primary N) is 1. The molecule has 0 spiro atoms. The summed E-state index contributed by atoms with van der Waals surface area (Å²) in [6.45, 7) is 0.579. The smallest absolute Gasteiger partial charge is 0.142 e. The van der Waals surface area contributed by atoms with Gasteiger partial charge in [-0.05, 0) is 18.2 Å². The number of hydrogen-bond acceptors (Lipinski definition) is 3. The fraction of sp³-hybridized carbons (Fsp3) is 0.333. The van der Waals surface area contributed by atoms with Crippen LogP contribution in [0.15, 0.2) is 18.2 Å². The van der Waals surface area contributed by atoms with Crippen LogP contribution in [0.3, 0.4) is 0 Å². The molecule has 1 aromatic rings. The average Bonchev–Trinajstić information content (AvgIpc) is 2.09. The van der Waals surface area contributed by atoms with Gasteiger partial charge in [0.1, 0.15) is 5.75 Å². The fourth-order valence-corrected chi connectivity index (χ4v) is 1.08. The Morgan fingerprint density at radius 1 is 1.43 bits per heavy atom. The number of ether oxygens (including phenoxy) is 1. The van der Waals surface area contributed by atoms with Gasteiger partial charge in [0.2, 0.25) is 0 Å². The largest absolute Gasteiger partial charge is 0.491 e. The van der Waals surface area contributed by atoms with Gasteiger partial charge in [0.05, 0.1) is 12.3 Å². The lowest BCUT2D eigenvalue weighted by Gasteiger charge is -2.07. The Balaban J connectivity index is 0.00000169. The van der Waals surface area contributed by atoms with Crippen LogP contribution in [0.5, 0.6) is 5.75 Å². The molecule has 0 saturated carbocycles. The number of rotatable bonds is 4. The Bertz CT molecular complexity index is 282. The zero-order valence-electron chi connectivity index (χ0n) is 7.57. The van der Waals surface area contributed by atoms with E-state index in [1.165, 1.54) is 0 Å². The number of anilines is 1. The molecule has 0 aliphatic carbocycles. The van der Waals surface area contributed by atoms with Crippen molar-refractivity contribution in [3.8, 4) is 5.75 Å². The zero-order valence-corrected chi connectivity index (χ0v) is 9.14. The van der Waals surface area contributed by atoms with E-state index in [-0.39, 0.29) is 19.0 Å². The lowest BCUT2D eigenvalue weighted by molar-refractivity contribution is 0.234. The molecule has 14 heavy (non-hydrogen) atoms. The summed E-state index contributed by atoms with van der Waals surface area (Å²) in [5, 5.41) is 9.12. The van der Waals surface area contributed by atoms with Crippen molar-refractivity contribution in [2.75, 3.05) is 18.9 Å². The molecule has 0 radical (unpaired) electrons. The summed E-state index contributed by atoms with van der Waals surface area (Å²) in [4.78, 5) is 0. The molecule has 0 atom stereocenters. The van der Waals surface area contributed by atoms with Crippen LogP contribution < -0.4 is 10.5 Å². The summed E-state index contributed by atoms with van der Waals surface area (Å²) in [5.41, 5.74) is 6.15. The average molecular weight is 238 g/mol. The molecule has 0 aliphatic heterocycles. The first-order chi connectivity index (χ1) is 6.24. The number of aliphatic hydroxyl groups excluding tert-OH is 1. The molecule has 0 bridgehead atoms. The van der Waals surface area contributed by atoms with Crippen molar-refractivity contribution in [2.24, 2.45) is 0 Å². The normalized spacial score (nSPS) is 9.29. The van der Waals surface area contributed by atoms with Crippen LogP contribution in [0.1, 0.15) is 6.42 Å². The highest BCUT2D eigenvalue weighted by molar-refractivity contribution is 6.30. The van der Waals surface area contributed by atoms with E-state index in [0.717, 1.165) is 0 Å². The molecule has 0 unspecified atom stereocenters. The van der Waals surface area contributed by atoms with E-state index in [1.54, 1.807) is 18.2 Å². The van der Waals surface area contributed by atoms with Crippen LogP contribution in [-0.2, 0) is 0 Å². The van der Waals surface area contributed by atoms with Crippen molar-refractivity contribution < 1.29 is 9.84 Å². The first kappa shape index (κ1) is 13.4. The van der Waals surface area contributed by atoms with Crippen molar-refractivity contribution in [3.63, 3.8) is 0 Å². The van der Waals surface area contributed by atoms with E-state index in [9.17, 15) is 0 Å². The quantitative estimate of drug-likeness (QED) is 0.623. The van der Waals surface area contributed by atoms with Crippen molar-refractivity contribution in [2.45, 2.75) is 6.42 Å². The van der Waals surface area contributed by atoms with Gasteiger partial charge in [-0.15, -0.1) is 12.4 Å². The minimum Gasteiger partial charge on any atom is -0.491 e. The summed E-state index contributed by atoms with van der Waals surface area (Å²) >= 11 is 5.70. The molecule has 0 saturated heterocycles. The molecule has 80 valence electrons. The maximum atomic E-state index is 8.53. The number of aliphatic hydroxyl groups is 1. The lowest BCUT2D eigenvalue weighted by atomic mass is 10.3. The minimum atomic E-state index is 0. The van der Waals surface area contributed by atoms with Gasteiger partial charge in [0.15, 0.2) is 0 Å². The van der Waals surface area contributed by atoms with Crippen molar-refractivity contribution in [1.82, 2.24) is 0 Å². The van der Waals surface area contributed by atoms with Gasteiger partial charge in [0.25, 0.3) is 0 Å². The molecular formula is C9H13Cl2NO2. The molecular weight excluding hydrogens is 225 g/mol. The van der Waals surface area contributed by atoms with Gasteiger partial charge in [-0.3, -0.25) is 0 Å². The van der Waals surface area contributed by atoms with Crippen molar-refractivity contribution in [3.05, 3.63) is 23.2 Å². The highest BCUT2D eigenvalue weighted by Gasteiger charge is 1.99. The molecule has 1 rings (SSSR count). The maximum absolute atomic E-state index is 8.53. The highest BCUT2D eigenvalue weighted by atomic mass is 35.5. The molecule has 1 aromatic carbocycles. The standard InChI is InChI=1S/C9H12ClNO2.ClH/c10-7-2-3-9(8(11)6-7)13-5-1-4-12;/h2-3,6,12H,1,4-5,11H2;1H. The summed E-state index contributed by atoms with van der Waals surface area (Å²) in [5.74, 6) is 0.609. The molecule has 0 heterocycles. The van der Waals surface area contributed by atoms with Crippen LogP contribution in [0.2, 0.25) is 5.02 Å². The second-order valence-corrected chi connectivity index (χ2v) is 3.04. The topological polar surface area (TPSA) is 55.5 Å². The SMILES string of the molecule is Cl.Nc1cc(Cl)ccc1OCCCO. The van der Waals surface area contributed by atoms with Crippen LogP contribution in [0.25, 0.3) is 0 Å². The first-order valence-corrected chi connectivity index (χ1v) is 4.40.